The summed E-state index contributed by atoms with van der Waals surface area (Å²) in [7, 11) is 1.63. The number of hydrazine groups is 1. The molecule has 3 aromatic rings. The van der Waals surface area contributed by atoms with E-state index in [1.54, 1.807) is 43.5 Å². The largest absolute Gasteiger partial charge is 0.497 e. The van der Waals surface area contributed by atoms with E-state index in [0.29, 0.717) is 17.7 Å². The normalized spacial score (nSPS) is 10.7. The van der Waals surface area contributed by atoms with Crippen LogP contribution in [0.2, 0.25) is 0 Å². The maximum atomic E-state index is 12.5. The van der Waals surface area contributed by atoms with Crippen LogP contribution in [0.15, 0.2) is 72.8 Å². The Kier molecular flexibility index (Phi) is 15.8. The number of nitrogens with one attached hydrogen (secondary N) is 2. The molecule has 0 heterocycles. The Hall–Kier alpha value is -3.80. The van der Waals surface area contributed by atoms with Crippen molar-refractivity contribution in [3.05, 3.63) is 83.9 Å². The van der Waals surface area contributed by atoms with E-state index >= 15 is 0 Å². The van der Waals surface area contributed by atoms with E-state index in [1.165, 1.54) is 83.5 Å². The zero-order valence-electron chi connectivity index (χ0n) is 26.2. The van der Waals surface area contributed by atoms with Crippen LogP contribution in [0, 0.1) is 0 Å². The number of amides is 2. The van der Waals surface area contributed by atoms with Crippen molar-refractivity contribution in [2.45, 2.75) is 96.8 Å². The summed E-state index contributed by atoms with van der Waals surface area (Å²) in [6.07, 6.45) is 18.7. The molecule has 0 saturated heterocycles. The van der Waals surface area contributed by atoms with Gasteiger partial charge in [0.25, 0.3) is 11.8 Å². The second kappa shape index (κ2) is 20.2. The van der Waals surface area contributed by atoms with Crippen LogP contribution in [0.3, 0.4) is 0 Å². The number of ether oxygens (including phenoxy) is 2. The van der Waals surface area contributed by atoms with E-state index in [0.717, 1.165) is 29.0 Å². The lowest BCUT2D eigenvalue weighted by atomic mass is 10.0. The van der Waals surface area contributed by atoms with Crippen molar-refractivity contribution in [3.8, 4) is 22.6 Å². The maximum Gasteiger partial charge on any atom is 0.269 e. The number of hydrogen-bond acceptors (Lipinski definition) is 4. The predicted molar refractivity (Wildman–Crippen MR) is 176 cm³/mol. The van der Waals surface area contributed by atoms with Gasteiger partial charge in [-0.2, -0.15) is 0 Å². The first-order valence-corrected chi connectivity index (χ1v) is 16.2. The molecule has 2 N–H and O–H groups in total. The van der Waals surface area contributed by atoms with Crippen molar-refractivity contribution < 1.29 is 19.1 Å². The number of methoxy groups -OCH3 is 1. The van der Waals surface area contributed by atoms with Crippen LogP contribution < -0.4 is 20.3 Å². The molecule has 6 nitrogen and oxygen atoms in total. The molecule has 0 bridgehead atoms. The summed E-state index contributed by atoms with van der Waals surface area (Å²) >= 11 is 0. The van der Waals surface area contributed by atoms with Crippen molar-refractivity contribution in [1.82, 2.24) is 10.9 Å². The molecule has 0 aliphatic carbocycles. The van der Waals surface area contributed by atoms with E-state index < -0.39 is 0 Å². The van der Waals surface area contributed by atoms with Crippen LogP contribution in [0.4, 0.5) is 0 Å². The Morgan fingerprint density at radius 3 is 1.33 bits per heavy atom. The Bertz CT molecular complexity index is 1190. The topological polar surface area (TPSA) is 76.7 Å². The van der Waals surface area contributed by atoms with Crippen molar-refractivity contribution in [2.24, 2.45) is 0 Å². The minimum absolute atomic E-state index is 0.386. The highest BCUT2D eigenvalue weighted by atomic mass is 16.5. The summed E-state index contributed by atoms with van der Waals surface area (Å²) in [5, 5.41) is 0. The molecule has 6 heteroatoms. The fraction of sp³-hybridized carbons (Fsp3) is 0.459. The zero-order chi connectivity index (χ0) is 30.5. The smallest absolute Gasteiger partial charge is 0.269 e. The van der Waals surface area contributed by atoms with Gasteiger partial charge in [0.15, 0.2) is 0 Å². The molecule has 2 amide bonds. The summed E-state index contributed by atoms with van der Waals surface area (Å²) in [4.78, 5) is 25.0. The van der Waals surface area contributed by atoms with E-state index in [-0.39, 0.29) is 11.8 Å². The Morgan fingerprint density at radius 2 is 0.884 bits per heavy atom. The highest BCUT2D eigenvalue weighted by Gasteiger charge is 2.10. The van der Waals surface area contributed by atoms with E-state index in [9.17, 15) is 9.59 Å². The number of carbonyl (C=O) groups excluding carboxylic acids is 2. The number of unbranched alkanes of at least 4 members (excludes halogenated alkanes) is 13. The van der Waals surface area contributed by atoms with Crippen molar-refractivity contribution in [2.75, 3.05) is 13.7 Å². The molecule has 0 atom stereocenters. The van der Waals surface area contributed by atoms with Crippen LogP contribution in [-0.2, 0) is 0 Å². The molecular formula is C37H50N2O4. The lowest BCUT2D eigenvalue weighted by Gasteiger charge is -2.10. The standard InChI is InChI=1S/C37H50N2O4/c1-3-4-5-6-7-8-9-10-11-12-13-14-15-16-29-43-35-27-23-33(24-28-35)37(41)39-38-36(40)32-19-17-30(18-20-32)31-21-25-34(42-2)26-22-31/h17-28H,3-16,29H2,1-2H3,(H,38,40)(H,39,41). The molecule has 3 rings (SSSR count). The first-order chi connectivity index (χ1) is 21.1. The second-order valence-corrected chi connectivity index (χ2v) is 11.2. The summed E-state index contributed by atoms with van der Waals surface area (Å²) in [6, 6.07) is 21.9. The van der Waals surface area contributed by atoms with E-state index in [4.69, 9.17) is 9.47 Å². The molecule has 43 heavy (non-hydrogen) atoms. The fourth-order valence-electron chi connectivity index (χ4n) is 5.04. The van der Waals surface area contributed by atoms with Gasteiger partial charge < -0.3 is 9.47 Å². The third-order valence-corrected chi connectivity index (χ3v) is 7.74. The molecule has 0 unspecified atom stereocenters. The number of carbonyl (C=O) groups is 2. The predicted octanol–water partition coefficient (Wildman–Crippen LogP) is 9.30. The van der Waals surface area contributed by atoms with E-state index in [1.807, 2.05) is 36.4 Å². The van der Waals surface area contributed by atoms with Crippen LogP contribution >= 0.6 is 0 Å². The van der Waals surface area contributed by atoms with Crippen molar-refractivity contribution in [3.63, 3.8) is 0 Å². The van der Waals surface area contributed by atoms with Gasteiger partial charge >= 0.3 is 0 Å². The van der Waals surface area contributed by atoms with Gasteiger partial charge in [0.05, 0.1) is 13.7 Å². The molecule has 0 saturated carbocycles. The van der Waals surface area contributed by atoms with Gasteiger partial charge in [-0.1, -0.05) is 115 Å². The minimum atomic E-state index is -0.387. The Morgan fingerprint density at radius 1 is 0.512 bits per heavy atom. The van der Waals surface area contributed by atoms with Gasteiger partial charge in [0.2, 0.25) is 0 Å². The SMILES string of the molecule is CCCCCCCCCCCCCCCCOc1ccc(C(=O)NNC(=O)c2ccc(-c3ccc(OC)cc3)cc2)cc1. The van der Waals surface area contributed by atoms with E-state index in [2.05, 4.69) is 17.8 Å². The highest BCUT2D eigenvalue weighted by molar-refractivity contribution is 5.99. The van der Waals surface area contributed by atoms with Gasteiger partial charge in [-0.05, 0) is 66.1 Å². The number of rotatable bonds is 20. The van der Waals surface area contributed by atoms with Crippen LogP contribution in [0.1, 0.15) is 118 Å². The highest BCUT2D eigenvalue weighted by Crippen LogP contribution is 2.23. The molecule has 0 aliphatic rings. The minimum Gasteiger partial charge on any atom is -0.497 e. The maximum absolute atomic E-state index is 12.5. The summed E-state index contributed by atoms with van der Waals surface area (Å²) in [6.45, 7) is 2.95. The fourth-order valence-corrected chi connectivity index (χ4v) is 5.04. The van der Waals surface area contributed by atoms with Gasteiger partial charge in [0, 0.05) is 11.1 Å². The second-order valence-electron chi connectivity index (χ2n) is 11.2. The van der Waals surface area contributed by atoms with Crippen molar-refractivity contribution >= 4 is 11.8 Å². The summed E-state index contributed by atoms with van der Waals surface area (Å²) in [5.41, 5.74) is 7.86. The van der Waals surface area contributed by atoms with Gasteiger partial charge in [-0.3, -0.25) is 20.4 Å². The Labute approximate surface area is 258 Å². The molecule has 0 spiro atoms. The molecule has 232 valence electrons. The third kappa shape index (κ3) is 12.9. The first-order valence-electron chi connectivity index (χ1n) is 16.2. The summed E-state index contributed by atoms with van der Waals surface area (Å²) in [5.74, 6) is 0.759. The lowest BCUT2D eigenvalue weighted by Crippen LogP contribution is -2.41. The number of benzene rings is 3. The lowest BCUT2D eigenvalue weighted by molar-refractivity contribution is 0.0846. The van der Waals surface area contributed by atoms with Gasteiger partial charge in [0.1, 0.15) is 11.5 Å². The quantitative estimate of drug-likeness (QED) is 0.102. The third-order valence-electron chi connectivity index (χ3n) is 7.74. The first kappa shape index (κ1) is 33.7. The van der Waals surface area contributed by atoms with Crippen LogP contribution in [0.5, 0.6) is 11.5 Å². The molecule has 3 aromatic carbocycles. The van der Waals surface area contributed by atoms with Gasteiger partial charge in [-0.25, -0.2) is 0 Å². The average Bonchev–Trinajstić information content (AvgIpc) is 3.05. The molecular weight excluding hydrogens is 536 g/mol. The molecule has 0 aliphatic heterocycles. The molecule has 0 fully saturated rings. The Balaban J connectivity index is 1.24. The van der Waals surface area contributed by atoms with Crippen LogP contribution in [0.25, 0.3) is 11.1 Å². The molecule has 0 aromatic heterocycles. The summed E-state index contributed by atoms with van der Waals surface area (Å²) < 4.78 is 11.0. The van der Waals surface area contributed by atoms with Gasteiger partial charge in [-0.15, -0.1) is 0 Å². The number of hydrogen-bond donors (Lipinski definition) is 2. The van der Waals surface area contributed by atoms with Crippen LogP contribution in [-0.4, -0.2) is 25.5 Å². The monoisotopic (exact) mass is 586 g/mol. The van der Waals surface area contributed by atoms with Crippen molar-refractivity contribution in [1.29, 1.82) is 0 Å². The average molecular weight is 587 g/mol. The zero-order valence-corrected chi connectivity index (χ0v) is 26.2. The molecule has 0 radical (unpaired) electrons.